The van der Waals surface area contributed by atoms with Crippen LogP contribution in [0.5, 0.6) is 0 Å². The van der Waals surface area contributed by atoms with Crippen LogP contribution in [0, 0.1) is 5.82 Å². The molecule has 0 radical (unpaired) electrons. The number of carbonyl (C=O) groups is 1. The van der Waals surface area contributed by atoms with Crippen molar-refractivity contribution in [2.75, 3.05) is 37.5 Å². The fourth-order valence-corrected chi connectivity index (χ4v) is 4.95. The summed E-state index contributed by atoms with van der Waals surface area (Å²) in [6.07, 6.45) is 2.56. The maximum absolute atomic E-state index is 14.7. The number of nitrogens with one attached hydrogen (secondary N) is 4. The first-order valence-electron chi connectivity index (χ1n) is 11.0. The van der Waals surface area contributed by atoms with E-state index in [1.165, 1.54) is 12.1 Å². The van der Waals surface area contributed by atoms with Crippen LogP contribution in [0.2, 0.25) is 0 Å². The third kappa shape index (κ3) is 7.26. The van der Waals surface area contributed by atoms with Crippen molar-refractivity contribution in [2.45, 2.75) is 19.5 Å². The average Bonchev–Trinajstić information content (AvgIpc) is 3.17. The first-order chi connectivity index (χ1) is 18.2. The van der Waals surface area contributed by atoms with E-state index in [9.17, 15) is 34.8 Å². The highest BCUT2D eigenvalue weighted by Crippen LogP contribution is 2.33. The van der Waals surface area contributed by atoms with Gasteiger partial charge in [-0.2, -0.15) is 13.8 Å². The van der Waals surface area contributed by atoms with E-state index < -0.39 is 44.8 Å². The second-order valence-electron chi connectivity index (χ2n) is 8.63. The Bertz CT molecular complexity index is 1600. The van der Waals surface area contributed by atoms with Gasteiger partial charge in [0.25, 0.3) is 0 Å². The van der Waals surface area contributed by atoms with Crippen molar-refractivity contribution in [3.05, 3.63) is 59.5 Å². The monoisotopic (exact) mass is 585 g/mol. The molecule has 0 spiro atoms. The maximum atomic E-state index is 14.7. The van der Waals surface area contributed by atoms with Crippen LogP contribution in [0.3, 0.4) is 0 Å². The lowest BCUT2D eigenvalue weighted by atomic mass is 10.1. The van der Waals surface area contributed by atoms with Gasteiger partial charge in [0.05, 0.1) is 47.9 Å². The van der Waals surface area contributed by atoms with Crippen molar-refractivity contribution in [1.82, 2.24) is 9.97 Å². The minimum absolute atomic E-state index is 0.00575. The maximum Gasteiger partial charge on any atom is 0.316 e. The number of nitrogens with zero attached hydrogens (tertiary/aromatic N) is 3. The molecule has 0 bridgehead atoms. The molecule has 0 saturated carbocycles. The molecule has 1 aromatic heterocycles. The van der Waals surface area contributed by atoms with Gasteiger partial charge in [0.2, 0.25) is 31.9 Å². The first kappa shape index (κ1) is 27.9. The third-order valence-corrected chi connectivity index (χ3v) is 6.41. The van der Waals surface area contributed by atoms with Gasteiger partial charge in [-0.3, -0.25) is 19.1 Å². The second kappa shape index (κ2) is 10.6. The molecule has 0 saturated heterocycles. The molecule has 0 unspecified atom stereocenters. The fourth-order valence-electron chi connectivity index (χ4n) is 3.86. The van der Waals surface area contributed by atoms with Gasteiger partial charge in [0, 0.05) is 6.54 Å². The number of carbonyl (C=O) groups excluding carboxylic acids is 1. The number of hydrogen-bond acceptors (Lipinski definition) is 9. The summed E-state index contributed by atoms with van der Waals surface area (Å²) in [5, 5.41) is 5.46. The number of fused-ring (bicyclic) bond motifs is 1. The minimum Gasteiger partial charge on any atom is -0.324 e. The van der Waals surface area contributed by atoms with Gasteiger partial charge in [-0.1, -0.05) is 12.1 Å². The van der Waals surface area contributed by atoms with E-state index in [0.717, 1.165) is 18.6 Å². The molecule has 1 aliphatic rings. The number of halogens is 3. The van der Waals surface area contributed by atoms with Crippen LogP contribution in [0.15, 0.2) is 42.6 Å². The molecule has 1 aliphatic heterocycles. The van der Waals surface area contributed by atoms with Crippen molar-refractivity contribution in [3.63, 3.8) is 0 Å². The number of anilines is 6. The Morgan fingerprint density at radius 2 is 1.69 bits per heavy atom. The van der Waals surface area contributed by atoms with Gasteiger partial charge in [-0.25, -0.2) is 26.2 Å². The van der Waals surface area contributed by atoms with Crippen molar-refractivity contribution in [3.8, 4) is 0 Å². The number of hydrogen-bond donors (Lipinski definition) is 4. The molecule has 12 nitrogen and oxygen atoms in total. The van der Waals surface area contributed by atoms with E-state index in [2.05, 4.69) is 30.0 Å². The molecular formula is C22H22F3N7O5S2. The summed E-state index contributed by atoms with van der Waals surface area (Å²) in [4.78, 5) is 19.8. The Labute approximate surface area is 221 Å². The Morgan fingerprint density at radius 1 is 1.05 bits per heavy atom. The highest BCUT2D eigenvalue weighted by molar-refractivity contribution is 7.92. The Kier molecular flexibility index (Phi) is 7.56. The van der Waals surface area contributed by atoms with E-state index in [0.29, 0.717) is 28.0 Å². The van der Waals surface area contributed by atoms with E-state index in [1.807, 2.05) is 0 Å². The van der Waals surface area contributed by atoms with Crippen LogP contribution >= 0.6 is 0 Å². The highest BCUT2D eigenvalue weighted by atomic mass is 32.2. The molecule has 0 atom stereocenters. The standard InChI is InChI=1S/C22H22F3N7O5S2/c1-38(34,35)30-14-6-12(7-15(9-14)31-39(2,36)37)11-32(21(24)25)20-16(23)10-26-22(29-20)27-17-5-3-4-13-8-18(33)28-19(13)17/h3-7,9-10,21,30-31H,8,11H2,1-2H3,(H,28,33)(H,26,27,29). The summed E-state index contributed by atoms with van der Waals surface area (Å²) < 4.78 is 94.2. The molecule has 0 aliphatic carbocycles. The quantitative estimate of drug-likeness (QED) is 0.262. The molecule has 4 rings (SSSR count). The Hall–Kier alpha value is -4.12. The van der Waals surface area contributed by atoms with E-state index in [1.54, 1.807) is 18.2 Å². The molecule has 39 heavy (non-hydrogen) atoms. The van der Waals surface area contributed by atoms with Crippen molar-refractivity contribution >= 4 is 60.5 Å². The second-order valence-corrected chi connectivity index (χ2v) is 12.1. The predicted octanol–water partition coefficient (Wildman–Crippen LogP) is 2.83. The SMILES string of the molecule is CS(=O)(=O)Nc1cc(CN(c2nc(Nc3cccc4c3NC(=O)C4)ncc2F)C(F)F)cc(NS(C)(=O)=O)c1. The number of benzene rings is 2. The lowest BCUT2D eigenvalue weighted by molar-refractivity contribution is -0.115. The lowest BCUT2D eigenvalue weighted by Crippen LogP contribution is -2.30. The molecule has 2 aromatic carbocycles. The minimum atomic E-state index is -3.81. The van der Waals surface area contributed by atoms with Gasteiger partial charge in [-0.05, 0) is 35.4 Å². The average molecular weight is 586 g/mol. The van der Waals surface area contributed by atoms with Crippen molar-refractivity contribution in [2.24, 2.45) is 0 Å². The van der Waals surface area contributed by atoms with Gasteiger partial charge >= 0.3 is 6.55 Å². The zero-order valence-corrected chi connectivity index (χ0v) is 22.0. The normalized spacial score (nSPS) is 13.1. The molecule has 0 fully saturated rings. The van der Waals surface area contributed by atoms with E-state index in [4.69, 9.17) is 0 Å². The Balaban J connectivity index is 1.68. The van der Waals surface area contributed by atoms with Crippen LogP contribution in [-0.4, -0.2) is 51.8 Å². The molecule has 208 valence electrons. The van der Waals surface area contributed by atoms with Gasteiger partial charge in [0.1, 0.15) is 0 Å². The van der Waals surface area contributed by atoms with Gasteiger partial charge in [0.15, 0.2) is 11.6 Å². The predicted molar refractivity (Wildman–Crippen MR) is 140 cm³/mol. The summed E-state index contributed by atoms with van der Waals surface area (Å²) in [6.45, 7) is -3.97. The van der Waals surface area contributed by atoms with Gasteiger partial charge < -0.3 is 10.6 Å². The molecule has 3 aromatic rings. The molecular weight excluding hydrogens is 563 g/mol. The number of sulfonamides is 2. The van der Waals surface area contributed by atoms with E-state index in [-0.39, 0.29) is 35.2 Å². The third-order valence-electron chi connectivity index (χ3n) is 5.20. The zero-order chi connectivity index (χ0) is 28.5. The highest BCUT2D eigenvalue weighted by Gasteiger charge is 2.25. The number of aromatic nitrogens is 2. The molecule has 17 heteroatoms. The largest absolute Gasteiger partial charge is 0.324 e. The van der Waals surface area contributed by atoms with Crippen LogP contribution < -0.4 is 25.0 Å². The molecule has 1 amide bonds. The van der Waals surface area contributed by atoms with Crippen LogP contribution in [0.4, 0.5) is 47.7 Å². The first-order valence-corrected chi connectivity index (χ1v) is 14.8. The summed E-state index contributed by atoms with van der Waals surface area (Å²) in [6, 6.07) is 8.53. The smallest absolute Gasteiger partial charge is 0.316 e. The van der Waals surface area contributed by atoms with Crippen LogP contribution in [0.25, 0.3) is 0 Å². The fraction of sp³-hybridized carbons (Fsp3) is 0.227. The number of para-hydroxylation sites is 1. The summed E-state index contributed by atoms with van der Waals surface area (Å²) >= 11 is 0. The van der Waals surface area contributed by atoms with Crippen molar-refractivity contribution in [1.29, 1.82) is 0 Å². The van der Waals surface area contributed by atoms with Crippen LogP contribution in [-0.2, 0) is 37.8 Å². The number of rotatable bonds is 10. The lowest BCUT2D eigenvalue weighted by Gasteiger charge is -2.24. The molecule has 2 heterocycles. The van der Waals surface area contributed by atoms with Crippen LogP contribution in [0.1, 0.15) is 11.1 Å². The topological polar surface area (TPSA) is 162 Å². The van der Waals surface area contributed by atoms with Gasteiger partial charge in [-0.15, -0.1) is 0 Å². The van der Waals surface area contributed by atoms with E-state index >= 15 is 0 Å². The Morgan fingerprint density at radius 3 is 2.28 bits per heavy atom. The summed E-state index contributed by atoms with van der Waals surface area (Å²) in [7, 11) is -7.61. The number of alkyl halides is 2. The summed E-state index contributed by atoms with van der Waals surface area (Å²) in [5.74, 6) is -2.43. The number of amides is 1. The zero-order valence-electron chi connectivity index (χ0n) is 20.4. The summed E-state index contributed by atoms with van der Waals surface area (Å²) in [5.41, 5.74) is 1.31. The molecule has 4 N–H and O–H groups in total. The van der Waals surface area contributed by atoms with Crippen molar-refractivity contribution < 1.29 is 34.8 Å².